The van der Waals surface area contributed by atoms with E-state index >= 15 is 0 Å². The van der Waals surface area contributed by atoms with E-state index in [4.69, 9.17) is 10.2 Å². The molecule has 2 unspecified atom stereocenters. The lowest BCUT2D eigenvalue weighted by molar-refractivity contribution is -0.138. The predicted octanol–water partition coefficient (Wildman–Crippen LogP) is 5.60. The van der Waals surface area contributed by atoms with Crippen molar-refractivity contribution in [1.29, 1.82) is 0 Å². The van der Waals surface area contributed by atoms with Crippen LogP contribution < -0.4 is 0 Å². The number of aromatic nitrogens is 2. The molecular formula is C25H42N2O5S. The third kappa shape index (κ3) is 14.1. The number of allylic oxidation sites excluding steroid dienone is 1. The van der Waals surface area contributed by atoms with Gasteiger partial charge in [-0.2, -0.15) is 0 Å². The third-order valence-corrected chi connectivity index (χ3v) is 6.87. The summed E-state index contributed by atoms with van der Waals surface area (Å²) in [5, 5.41) is 28.8. The average Bonchev–Trinajstić information content (AvgIpc) is 3.09. The van der Waals surface area contributed by atoms with Crippen LogP contribution in [-0.2, 0) is 23.1 Å². The van der Waals surface area contributed by atoms with Crippen LogP contribution in [0.2, 0.25) is 0 Å². The lowest BCUT2D eigenvalue weighted by Crippen LogP contribution is -2.22. The molecule has 1 aromatic heterocycles. The maximum atomic E-state index is 10.9. The van der Waals surface area contributed by atoms with Crippen LogP contribution in [-0.4, -0.2) is 48.2 Å². The van der Waals surface area contributed by atoms with E-state index in [2.05, 4.69) is 18.0 Å². The maximum Gasteiger partial charge on any atom is 0.309 e. The molecular weight excluding hydrogens is 440 g/mol. The Kier molecular flexibility index (Phi) is 15.6. The molecule has 0 aliphatic rings. The molecule has 8 heteroatoms. The number of aliphatic hydroxyl groups is 1. The Balaban J connectivity index is 2.48. The second-order valence-electron chi connectivity index (χ2n) is 8.68. The van der Waals surface area contributed by atoms with Gasteiger partial charge in [0.2, 0.25) is 0 Å². The lowest BCUT2D eigenvalue weighted by Gasteiger charge is -2.18. The Morgan fingerprint density at radius 3 is 2.21 bits per heavy atom. The molecule has 0 amide bonds. The van der Waals surface area contributed by atoms with E-state index < -0.39 is 18.0 Å². The number of carboxylic acids is 2. The van der Waals surface area contributed by atoms with Crippen LogP contribution in [0.1, 0.15) is 96.1 Å². The molecule has 0 spiro atoms. The second kappa shape index (κ2) is 17.6. The van der Waals surface area contributed by atoms with Gasteiger partial charge in [-0.15, -0.1) is 0 Å². The Hall–Kier alpha value is -1.80. The molecule has 3 N–H and O–H groups in total. The number of carbonyl (C=O) groups is 2. The van der Waals surface area contributed by atoms with Crippen LogP contribution in [0.25, 0.3) is 0 Å². The molecule has 0 saturated heterocycles. The number of aliphatic carboxylic acids is 2. The summed E-state index contributed by atoms with van der Waals surface area (Å²) in [6.07, 6.45) is 18.5. The molecule has 0 fully saturated rings. The van der Waals surface area contributed by atoms with Gasteiger partial charge in [-0.05, 0) is 19.3 Å². The standard InChI is InChI=1S/C25H42N2O5S/c1-3-4-5-6-7-8-9-10-11-12-13-14-15-22(21(28)16-17-23(29)30)33-25-26-20(18-24(31)32)19-27(25)2/h14-15,19,21-22,28H,3-13,16-18H2,1-2H3,(H,29,30)(H,31,32). The molecule has 0 aromatic carbocycles. The summed E-state index contributed by atoms with van der Waals surface area (Å²) in [4.78, 5) is 26.2. The highest BCUT2D eigenvalue weighted by atomic mass is 32.2. The molecule has 0 radical (unpaired) electrons. The first-order chi connectivity index (χ1) is 15.8. The van der Waals surface area contributed by atoms with Gasteiger partial charge < -0.3 is 19.9 Å². The zero-order valence-corrected chi connectivity index (χ0v) is 21.1. The Morgan fingerprint density at radius 2 is 1.64 bits per heavy atom. The van der Waals surface area contributed by atoms with Crippen molar-refractivity contribution in [2.45, 2.75) is 113 Å². The van der Waals surface area contributed by atoms with Gasteiger partial charge in [0.05, 0.1) is 23.5 Å². The van der Waals surface area contributed by atoms with Crippen LogP contribution in [0.5, 0.6) is 0 Å². The molecule has 33 heavy (non-hydrogen) atoms. The van der Waals surface area contributed by atoms with E-state index in [0.717, 1.165) is 12.8 Å². The van der Waals surface area contributed by atoms with Crippen molar-refractivity contribution in [2.24, 2.45) is 7.05 Å². The summed E-state index contributed by atoms with van der Waals surface area (Å²) in [7, 11) is 1.79. The molecule has 188 valence electrons. The van der Waals surface area contributed by atoms with Gasteiger partial charge >= 0.3 is 11.9 Å². The predicted molar refractivity (Wildman–Crippen MR) is 133 cm³/mol. The fourth-order valence-corrected chi connectivity index (χ4v) is 4.76. The van der Waals surface area contributed by atoms with Gasteiger partial charge in [0.1, 0.15) is 0 Å². The molecule has 0 saturated carbocycles. The van der Waals surface area contributed by atoms with Gasteiger partial charge in [-0.3, -0.25) is 9.59 Å². The van der Waals surface area contributed by atoms with Gasteiger partial charge in [0, 0.05) is 19.7 Å². The largest absolute Gasteiger partial charge is 0.481 e. The van der Waals surface area contributed by atoms with Crippen LogP contribution in [0.4, 0.5) is 0 Å². The van der Waals surface area contributed by atoms with Crippen molar-refractivity contribution in [3.05, 3.63) is 24.0 Å². The molecule has 0 bridgehead atoms. The number of carboxylic acid groups (broad SMARTS) is 2. The highest BCUT2D eigenvalue weighted by Crippen LogP contribution is 2.28. The first kappa shape index (κ1) is 29.2. The summed E-state index contributed by atoms with van der Waals surface area (Å²) in [5.74, 6) is -1.88. The number of rotatable bonds is 20. The number of unbranched alkanes of at least 4 members (excludes halogenated alkanes) is 10. The molecule has 1 heterocycles. The van der Waals surface area contributed by atoms with E-state index in [0.29, 0.717) is 10.9 Å². The van der Waals surface area contributed by atoms with Gasteiger partial charge in [0.15, 0.2) is 5.16 Å². The quantitative estimate of drug-likeness (QED) is 0.126. The van der Waals surface area contributed by atoms with E-state index in [1.54, 1.807) is 17.8 Å². The van der Waals surface area contributed by atoms with Crippen molar-refractivity contribution in [3.8, 4) is 0 Å². The smallest absolute Gasteiger partial charge is 0.309 e. The van der Waals surface area contributed by atoms with E-state index in [1.165, 1.54) is 69.5 Å². The molecule has 0 aliphatic carbocycles. The Bertz CT molecular complexity index is 720. The first-order valence-corrected chi connectivity index (χ1v) is 13.2. The molecule has 1 aromatic rings. The number of aliphatic hydroxyl groups excluding tert-OH is 1. The number of hydrogen-bond donors (Lipinski definition) is 3. The van der Waals surface area contributed by atoms with Gasteiger partial charge in [-0.1, -0.05) is 88.6 Å². The maximum absolute atomic E-state index is 10.9. The van der Waals surface area contributed by atoms with Crippen LogP contribution in [0.3, 0.4) is 0 Å². The normalized spacial score (nSPS) is 13.4. The fraction of sp³-hybridized carbons (Fsp3) is 0.720. The van der Waals surface area contributed by atoms with E-state index in [-0.39, 0.29) is 24.5 Å². The lowest BCUT2D eigenvalue weighted by atomic mass is 10.1. The molecule has 2 atom stereocenters. The highest BCUT2D eigenvalue weighted by Gasteiger charge is 2.21. The topological polar surface area (TPSA) is 113 Å². The molecule has 1 rings (SSSR count). The minimum atomic E-state index is -0.945. The SMILES string of the molecule is CCCCCCCCCCCCC=CC(Sc1nc(CC(=O)O)cn1C)C(O)CCC(=O)O. The van der Waals surface area contributed by atoms with Crippen molar-refractivity contribution in [1.82, 2.24) is 9.55 Å². The second-order valence-corrected chi connectivity index (χ2v) is 9.82. The number of hydrogen-bond acceptors (Lipinski definition) is 5. The zero-order chi connectivity index (χ0) is 24.5. The Labute approximate surface area is 202 Å². The van der Waals surface area contributed by atoms with Crippen molar-refractivity contribution < 1.29 is 24.9 Å². The minimum absolute atomic E-state index is 0.102. The number of imidazole rings is 1. The summed E-state index contributed by atoms with van der Waals surface area (Å²) < 4.78 is 1.75. The minimum Gasteiger partial charge on any atom is -0.481 e. The van der Waals surface area contributed by atoms with Gasteiger partial charge in [0.25, 0.3) is 0 Å². The average molecular weight is 483 g/mol. The summed E-state index contributed by atoms with van der Waals surface area (Å²) in [6, 6.07) is 0. The van der Waals surface area contributed by atoms with E-state index in [9.17, 15) is 14.7 Å². The summed E-state index contributed by atoms with van der Waals surface area (Å²) in [5.41, 5.74) is 0.459. The number of aryl methyl sites for hydroxylation is 1. The van der Waals surface area contributed by atoms with Crippen LogP contribution in [0, 0.1) is 0 Å². The van der Waals surface area contributed by atoms with Crippen LogP contribution in [0.15, 0.2) is 23.5 Å². The van der Waals surface area contributed by atoms with E-state index in [1.807, 2.05) is 6.08 Å². The van der Waals surface area contributed by atoms with Crippen molar-refractivity contribution >= 4 is 23.7 Å². The summed E-state index contributed by atoms with van der Waals surface area (Å²) >= 11 is 1.34. The summed E-state index contributed by atoms with van der Waals surface area (Å²) in [6.45, 7) is 2.24. The number of nitrogens with zero attached hydrogens (tertiary/aromatic N) is 2. The van der Waals surface area contributed by atoms with Crippen molar-refractivity contribution in [2.75, 3.05) is 0 Å². The Morgan fingerprint density at radius 1 is 1.03 bits per heavy atom. The number of thioether (sulfide) groups is 1. The van der Waals surface area contributed by atoms with Crippen LogP contribution >= 0.6 is 11.8 Å². The highest BCUT2D eigenvalue weighted by molar-refractivity contribution is 8.00. The third-order valence-electron chi connectivity index (χ3n) is 5.54. The zero-order valence-electron chi connectivity index (χ0n) is 20.2. The first-order valence-electron chi connectivity index (χ1n) is 12.3. The fourth-order valence-electron chi connectivity index (χ4n) is 3.64. The molecule has 0 aliphatic heterocycles. The molecule has 7 nitrogen and oxygen atoms in total. The monoisotopic (exact) mass is 482 g/mol. The van der Waals surface area contributed by atoms with Crippen molar-refractivity contribution in [3.63, 3.8) is 0 Å². The van der Waals surface area contributed by atoms with Gasteiger partial charge in [-0.25, -0.2) is 4.98 Å².